The predicted molar refractivity (Wildman–Crippen MR) is 113 cm³/mol. The first-order valence-electron chi connectivity index (χ1n) is 10.2. The standard InChI is InChI=1S/C24H29N3O/c1-16(2)11-19-5-7-20(8-6-19)24-25-23(26-28-24)21-9-10-22(18(4)12-21)15-27-13-17(3)14-27/h5-10,12,16-17H,11,13-15H2,1-4H3. The van der Waals surface area contributed by atoms with Gasteiger partial charge in [0.25, 0.3) is 5.89 Å². The van der Waals surface area contributed by atoms with Gasteiger partial charge >= 0.3 is 0 Å². The summed E-state index contributed by atoms with van der Waals surface area (Å²) in [7, 11) is 0. The van der Waals surface area contributed by atoms with E-state index < -0.39 is 0 Å². The Kier molecular flexibility index (Phi) is 5.31. The summed E-state index contributed by atoms with van der Waals surface area (Å²) in [6.07, 6.45) is 1.08. The SMILES string of the molecule is Cc1cc(-c2noc(-c3ccc(CC(C)C)cc3)n2)ccc1CN1CC(C)C1. The van der Waals surface area contributed by atoms with E-state index in [0.717, 1.165) is 30.0 Å². The van der Waals surface area contributed by atoms with Crippen LogP contribution in [-0.4, -0.2) is 28.1 Å². The number of aromatic nitrogens is 2. The van der Waals surface area contributed by atoms with Gasteiger partial charge in [0.2, 0.25) is 5.82 Å². The van der Waals surface area contributed by atoms with E-state index >= 15 is 0 Å². The zero-order valence-corrected chi connectivity index (χ0v) is 17.3. The minimum atomic E-state index is 0.572. The Hall–Kier alpha value is -2.46. The molecule has 1 aromatic heterocycles. The fourth-order valence-corrected chi connectivity index (χ4v) is 3.92. The number of hydrogen-bond acceptors (Lipinski definition) is 4. The smallest absolute Gasteiger partial charge is 0.258 e. The Balaban J connectivity index is 1.48. The molecule has 1 saturated heterocycles. The Bertz CT molecular complexity index is 937. The molecule has 4 nitrogen and oxygen atoms in total. The van der Waals surface area contributed by atoms with Crippen molar-refractivity contribution >= 4 is 0 Å². The molecule has 0 spiro atoms. The van der Waals surface area contributed by atoms with Gasteiger partial charge in [-0.25, -0.2) is 0 Å². The third-order valence-corrected chi connectivity index (χ3v) is 5.41. The molecule has 28 heavy (non-hydrogen) atoms. The van der Waals surface area contributed by atoms with E-state index in [2.05, 4.69) is 85.2 Å². The van der Waals surface area contributed by atoms with Crippen molar-refractivity contribution in [3.05, 3.63) is 59.2 Å². The number of benzene rings is 2. The molecule has 0 bridgehead atoms. The molecule has 3 aromatic rings. The Morgan fingerprint density at radius 3 is 2.43 bits per heavy atom. The highest BCUT2D eigenvalue weighted by Crippen LogP contribution is 2.26. The van der Waals surface area contributed by atoms with Crippen LogP contribution in [0.4, 0.5) is 0 Å². The van der Waals surface area contributed by atoms with E-state index in [4.69, 9.17) is 4.52 Å². The van der Waals surface area contributed by atoms with Gasteiger partial charge in [-0.1, -0.05) is 50.2 Å². The maximum atomic E-state index is 5.53. The predicted octanol–water partition coefficient (Wildman–Crippen LogP) is 5.36. The van der Waals surface area contributed by atoms with Gasteiger partial charge in [0.1, 0.15) is 0 Å². The van der Waals surface area contributed by atoms with Gasteiger partial charge in [-0.3, -0.25) is 4.90 Å². The van der Waals surface area contributed by atoms with Crippen molar-refractivity contribution in [2.45, 2.75) is 40.7 Å². The Morgan fingerprint density at radius 1 is 1.07 bits per heavy atom. The number of likely N-dealkylation sites (tertiary alicyclic amines) is 1. The summed E-state index contributed by atoms with van der Waals surface area (Å²) in [5.74, 6) is 2.70. The van der Waals surface area contributed by atoms with Crippen molar-refractivity contribution in [1.82, 2.24) is 15.0 Å². The fraction of sp³-hybridized carbons (Fsp3) is 0.417. The number of rotatable bonds is 6. The second-order valence-electron chi connectivity index (χ2n) is 8.66. The van der Waals surface area contributed by atoms with Crippen molar-refractivity contribution in [2.75, 3.05) is 13.1 Å². The summed E-state index contributed by atoms with van der Waals surface area (Å²) in [6, 6.07) is 14.9. The molecule has 1 fully saturated rings. The Labute approximate surface area is 167 Å². The molecule has 1 aliphatic heterocycles. The van der Waals surface area contributed by atoms with Crippen LogP contribution < -0.4 is 0 Å². The molecule has 0 amide bonds. The lowest BCUT2D eigenvalue weighted by Gasteiger charge is -2.37. The first kappa shape index (κ1) is 18.9. The third kappa shape index (κ3) is 4.17. The van der Waals surface area contributed by atoms with Crippen molar-refractivity contribution in [2.24, 2.45) is 11.8 Å². The van der Waals surface area contributed by atoms with E-state index in [1.165, 1.54) is 29.8 Å². The van der Waals surface area contributed by atoms with Crippen molar-refractivity contribution in [1.29, 1.82) is 0 Å². The van der Waals surface area contributed by atoms with Crippen LogP contribution >= 0.6 is 0 Å². The first-order valence-corrected chi connectivity index (χ1v) is 10.2. The van der Waals surface area contributed by atoms with Crippen LogP contribution in [0.25, 0.3) is 22.8 Å². The van der Waals surface area contributed by atoms with Crippen molar-refractivity contribution < 1.29 is 4.52 Å². The highest BCUT2D eigenvalue weighted by molar-refractivity contribution is 5.61. The quantitative estimate of drug-likeness (QED) is 0.581. The molecule has 0 aliphatic carbocycles. The molecular formula is C24H29N3O. The summed E-state index contributed by atoms with van der Waals surface area (Å²) in [5, 5.41) is 4.21. The maximum Gasteiger partial charge on any atom is 0.258 e. The van der Waals surface area contributed by atoms with Gasteiger partial charge in [-0.2, -0.15) is 4.98 Å². The van der Waals surface area contributed by atoms with Crippen LogP contribution in [0.5, 0.6) is 0 Å². The van der Waals surface area contributed by atoms with E-state index in [-0.39, 0.29) is 0 Å². The average Bonchev–Trinajstić information content (AvgIpc) is 3.12. The summed E-state index contributed by atoms with van der Waals surface area (Å²) >= 11 is 0. The summed E-state index contributed by atoms with van der Waals surface area (Å²) in [5.41, 5.74) is 5.96. The molecule has 4 rings (SSSR count). The van der Waals surface area contributed by atoms with Gasteiger partial charge in [0.15, 0.2) is 0 Å². The summed E-state index contributed by atoms with van der Waals surface area (Å²) < 4.78 is 5.53. The van der Waals surface area contributed by atoms with E-state index in [0.29, 0.717) is 17.6 Å². The number of aryl methyl sites for hydroxylation is 1. The van der Waals surface area contributed by atoms with Gasteiger partial charge in [0, 0.05) is 30.8 Å². The first-order chi connectivity index (χ1) is 13.5. The maximum absolute atomic E-state index is 5.53. The van der Waals surface area contributed by atoms with Gasteiger partial charge in [-0.05, 0) is 60.1 Å². The van der Waals surface area contributed by atoms with E-state index in [1.807, 2.05) is 0 Å². The lowest BCUT2D eigenvalue weighted by molar-refractivity contribution is 0.105. The third-order valence-electron chi connectivity index (χ3n) is 5.41. The molecule has 2 aromatic carbocycles. The molecule has 2 heterocycles. The summed E-state index contributed by atoms with van der Waals surface area (Å²) in [6.45, 7) is 12.4. The van der Waals surface area contributed by atoms with Gasteiger partial charge in [0.05, 0.1) is 0 Å². The van der Waals surface area contributed by atoms with Gasteiger partial charge < -0.3 is 4.52 Å². The Morgan fingerprint density at radius 2 is 1.79 bits per heavy atom. The van der Waals surface area contributed by atoms with Crippen LogP contribution in [-0.2, 0) is 13.0 Å². The normalized spacial score (nSPS) is 15.2. The van der Waals surface area contributed by atoms with Crippen LogP contribution in [0, 0.1) is 18.8 Å². The van der Waals surface area contributed by atoms with Crippen LogP contribution in [0.3, 0.4) is 0 Å². The molecular weight excluding hydrogens is 346 g/mol. The minimum Gasteiger partial charge on any atom is -0.334 e. The molecule has 0 unspecified atom stereocenters. The van der Waals surface area contributed by atoms with Crippen LogP contribution in [0.15, 0.2) is 47.0 Å². The molecule has 146 valence electrons. The van der Waals surface area contributed by atoms with E-state index in [1.54, 1.807) is 0 Å². The lowest BCUT2D eigenvalue weighted by Crippen LogP contribution is -2.44. The second kappa shape index (κ2) is 7.88. The zero-order valence-electron chi connectivity index (χ0n) is 17.3. The minimum absolute atomic E-state index is 0.572. The highest BCUT2D eigenvalue weighted by atomic mass is 16.5. The molecule has 0 radical (unpaired) electrons. The summed E-state index contributed by atoms with van der Waals surface area (Å²) in [4.78, 5) is 7.11. The molecule has 0 saturated carbocycles. The topological polar surface area (TPSA) is 42.2 Å². The zero-order chi connectivity index (χ0) is 19.7. The van der Waals surface area contributed by atoms with Crippen LogP contribution in [0.1, 0.15) is 37.5 Å². The second-order valence-corrected chi connectivity index (χ2v) is 8.66. The number of hydrogen-bond donors (Lipinski definition) is 0. The lowest BCUT2D eigenvalue weighted by atomic mass is 9.99. The van der Waals surface area contributed by atoms with Crippen LogP contribution in [0.2, 0.25) is 0 Å². The largest absolute Gasteiger partial charge is 0.334 e. The molecule has 0 atom stereocenters. The van der Waals surface area contributed by atoms with Gasteiger partial charge in [-0.15, -0.1) is 0 Å². The fourth-order valence-electron chi connectivity index (χ4n) is 3.92. The highest BCUT2D eigenvalue weighted by Gasteiger charge is 2.22. The molecule has 4 heteroatoms. The number of nitrogens with zero attached hydrogens (tertiary/aromatic N) is 3. The average molecular weight is 376 g/mol. The monoisotopic (exact) mass is 375 g/mol. The molecule has 0 N–H and O–H groups in total. The molecule has 1 aliphatic rings. The van der Waals surface area contributed by atoms with Crippen molar-refractivity contribution in [3.8, 4) is 22.8 Å². The van der Waals surface area contributed by atoms with Crippen molar-refractivity contribution in [3.63, 3.8) is 0 Å². The van der Waals surface area contributed by atoms with E-state index in [9.17, 15) is 0 Å².